The van der Waals surface area contributed by atoms with E-state index in [2.05, 4.69) is 48.0 Å². The zero-order valence-electron chi connectivity index (χ0n) is 21.0. The summed E-state index contributed by atoms with van der Waals surface area (Å²) in [5.74, 6) is 0.698. The summed E-state index contributed by atoms with van der Waals surface area (Å²) in [5, 5.41) is 9.48. The van der Waals surface area contributed by atoms with Gasteiger partial charge in [0, 0.05) is 35.5 Å². The van der Waals surface area contributed by atoms with Gasteiger partial charge in [-0.15, -0.1) is 11.3 Å². The monoisotopic (exact) mass is 543 g/mol. The Morgan fingerprint density at radius 1 is 1.38 bits per heavy atom. The number of likely N-dealkylation sites (tertiary alicyclic amines) is 1. The van der Waals surface area contributed by atoms with E-state index in [1.807, 2.05) is 5.38 Å². The third-order valence-corrected chi connectivity index (χ3v) is 7.63. The molecule has 4 rings (SSSR count). The molecule has 2 N–H and O–H groups in total. The normalized spacial score (nSPS) is 15.9. The number of carbonyl (C=O) groups is 2. The molecule has 1 aromatic carbocycles. The van der Waals surface area contributed by atoms with E-state index >= 15 is 0 Å². The fourth-order valence-corrected chi connectivity index (χ4v) is 5.51. The number of amides is 2. The van der Waals surface area contributed by atoms with Crippen LogP contribution in [0.25, 0.3) is 0 Å². The van der Waals surface area contributed by atoms with Crippen LogP contribution in [0.15, 0.2) is 51.9 Å². The van der Waals surface area contributed by atoms with E-state index in [1.165, 1.54) is 23.5 Å². The van der Waals surface area contributed by atoms with Gasteiger partial charge in [0.1, 0.15) is 16.6 Å². The van der Waals surface area contributed by atoms with Crippen LogP contribution >= 0.6 is 23.1 Å². The Morgan fingerprint density at radius 2 is 2.19 bits per heavy atom. The third-order valence-electron chi connectivity index (χ3n) is 5.81. The first-order chi connectivity index (χ1) is 17.6. The summed E-state index contributed by atoms with van der Waals surface area (Å²) in [6.07, 6.45) is 4.57. The van der Waals surface area contributed by atoms with Gasteiger partial charge in [-0.3, -0.25) is 9.59 Å². The molecule has 196 valence electrons. The lowest BCUT2D eigenvalue weighted by molar-refractivity contribution is -0.111. The first kappa shape index (κ1) is 26.9. The molecule has 0 saturated carbocycles. The van der Waals surface area contributed by atoms with Crippen LogP contribution in [-0.2, 0) is 16.0 Å². The SMILES string of the molecule is C=CC(=O)Nc1ccc(C(=O)N2CCC[C@@H](Nc3nc(SCc4ncc(C(C)(C)C)o4)cs3)C2)cc1F. The molecule has 3 aromatic rings. The van der Waals surface area contributed by atoms with Crippen LogP contribution in [0.5, 0.6) is 0 Å². The number of nitrogens with zero attached hydrogens (tertiary/aromatic N) is 3. The summed E-state index contributed by atoms with van der Waals surface area (Å²) in [6, 6.07) is 4.10. The molecule has 0 unspecified atom stereocenters. The Kier molecular flexibility index (Phi) is 8.33. The average molecular weight is 544 g/mol. The summed E-state index contributed by atoms with van der Waals surface area (Å²) in [6.45, 7) is 10.7. The van der Waals surface area contributed by atoms with E-state index in [0.29, 0.717) is 24.7 Å². The van der Waals surface area contributed by atoms with Crippen molar-refractivity contribution in [2.24, 2.45) is 0 Å². The largest absolute Gasteiger partial charge is 0.444 e. The molecule has 1 aliphatic rings. The second-order valence-corrected chi connectivity index (χ2v) is 11.6. The number of rotatable bonds is 8. The molecule has 1 aliphatic heterocycles. The smallest absolute Gasteiger partial charge is 0.254 e. The van der Waals surface area contributed by atoms with Gasteiger partial charge in [-0.1, -0.05) is 39.1 Å². The van der Waals surface area contributed by atoms with E-state index in [4.69, 9.17) is 4.42 Å². The van der Waals surface area contributed by atoms with Gasteiger partial charge in [-0.2, -0.15) is 0 Å². The predicted molar refractivity (Wildman–Crippen MR) is 145 cm³/mol. The molecule has 1 saturated heterocycles. The molecule has 2 amide bonds. The molecule has 3 heterocycles. The second kappa shape index (κ2) is 11.5. The fourth-order valence-electron chi connectivity index (χ4n) is 3.82. The zero-order valence-corrected chi connectivity index (χ0v) is 22.7. The number of halogens is 1. The standard InChI is InChI=1S/C26H30FN5O3S2/c1-5-21(33)30-19-9-8-16(11-18(19)27)24(34)32-10-6-7-17(13-32)29-25-31-23(15-37-25)36-14-22-28-12-20(35-22)26(2,3)4/h5,8-9,11-12,15,17H,1,6-7,10,13-14H2,2-4H3,(H,29,31)(H,30,33)/t17-/m1/s1. The lowest BCUT2D eigenvalue weighted by atomic mass is 9.94. The number of piperidine rings is 1. The molecule has 2 aromatic heterocycles. The van der Waals surface area contributed by atoms with Crippen molar-refractivity contribution in [3.8, 4) is 0 Å². The number of anilines is 2. The molecular formula is C26H30FN5O3S2. The number of nitrogens with one attached hydrogen (secondary N) is 2. The van der Waals surface area contributed by atoms with Crippen LogP contribution < -0.4 is 10.6 Å². The summed E-state index contributed by atoms with van der Waals surface area (Å²) in [5.41, 5.74) is 0.169. The van der Waals surface area contributed by atoms with E-state index < -0.39 is 11.7 Å². The Balaban J connectivity index is 1.31. The number of hydrogen-bond acceptors (Lipinski definition) is 8. The minimum Gasteiger partial charge on any atom is -0.444 e. The number of carbonyl (C=O) groups excluding carboxylic acids is 2. The molecule has 1 fully saturated rings. The summed E-state index contributed by atoms with van der Waals surface area (Å²) < 4.78 is 20.3. The maximum absolute atomic E-state index is 14.4. The topological polar surface area (TPSA) is 100 Å². The number of aromatic nitrogens is 2. The van der Waals surface area contributed by atoms with Crippen LogP contribution in [-0.4, -0.2) is 45.8 Å². The first-order valence-corrected chi connectivity index (χ1v) is 13.8. The van der Waals surface area contributed by atoms with Crippen molar-refractivity contribution in [2.75, 3.05) is 23.7 Å². The van der Waals surface area contributed by atoms with Crippen molar-refractivity contribution in [3.63, 3.8) is 0 Å². The molecule has 1 atom stereocenters. The van der Waals surface area contributed by atoms with Crippen LogP contribution in [0.1, 0.15) is 55.6 Å². The Morgan fingerprint density at radius 3 is 2.89 bits per heavy atom. The van der Waals surface area contributed by atoms with Crippen molar-refractivity contribution < 1.29 is 18.4 Å². The van der Waals surface area contributed by atoms with Gasteiger partial charge >= 0.3 is 0 Å². The summed E-state index contributed by atoms with van der Waals surface area (Å²) >= 11 is 3.08. The van der Waals surface area contributed by atoms with Gasteiger partial charge in [0.25, 0.3) is 5.91 Å². The van der Waals surface area contributed by atoms with E-state index in [-0.39, 0.29) is 28.6 Å². The van der Waals surface area contributed by atoms with Crippen molar-refractivity contribution in [2.45, 2.75) is 55.8 Å². The number of thiazole rings is 1. The highest BCUT2D eigenvalue weighted by molar-refractivity contribution is 7.98. The Labute approximate surface area is 223 Å². The van der Waals surface area contributed by atoms with Crippen LogP contribution in [0, 0.1) is 5.82 Å². The van der Waals surface area contributed by atoms with Gasteiger partial charge in [-0.05, 0) is 37.1 Å². The molecule has 0 spiro atoms. The molecular weight excluding hydrogens is 513 g/mol. The zero-order chi connectivity index (χ0) is 26.6. The van der Waals surface area contributed by atoms with Gasteiger partial charge in [0.05, 0.1) is 17.6 Å². The second-order valence-electron chi connectivity index (χ2n) is 9.77. The molecule has 37 heavy (non-hydrogen) atoms. The number of benzene rings is 1. The molecule has 11 heteroatoms. The summed E-state index contributed by atoms with van der Waals surface area (Å²) in [4.78, 5) is 35.2. The molecule has 8 nitrogen and oxygen atoms in total. The van der Waals surface area contributed by atoms with Gasteiger partial charge in [-0.25, -0.2) is 14.4 Å². The highest BCUT2D eigenvalue weighted by Gasteiger charge is 2.26. The lowest BCUT2D eigenvalue weighted by Crippen LogP contribution is -2.45. The maximum Gasteiger partial charge on any atom is 0.254 e. The maximum atomic E-state index is 14.4. The van der Waals surface area contributed by atoms with Crippen molar-refractivity contribution in [1.29, 1.82) is 0 Å². The first-order valence-electron chi connectivity index (χ1n) is 11.9. The Bertz CT molecular complexity index is 1280. The van der Waals surface area contributed by atoms with E-state index in [1.54, 1.807) is 22.9 Å². The summed E-state index contributed by atoms with van der Waals surface area (Å²) in [7, 11) is 0. The number of hydrogen-bond donors (Lipinski definition) is 2. The highest BCUT2D eigenvalue weighted by Crippen LogP contribution is 2.30. The van der Waals surface area contributed by atoms with Gasteiger partial charge in [0.15, 0.2) is 5.13 Å². The highest BCUT2D eigenvalue weighted by atomic mass is 32.2. The van der Waals surface area contributed by atoms with Gasteiger partial charge < -0.3 is 20.0 Å². The minimum atomic E-state index is -0.667. The van der Waals surface area contributed by atoms with Gasteiger partial charge in [0.2, 0.25) is 11.8 Å². The van der Waals surface area contributed by atoms with Crippen molar-refractivity contribution in [3.05, 3.63) is 65.5 Å². The van der Waals surface area contributed by atoms with Crippen molar-refractivity contribution >= 4 is 45.7 Å². The Hall–Kier alpha value is -3.18. The fraction of sp³-hybridized carbons (Fsp3) is 0.385. The molecule has 0 aliphatic carbocycles. The number of thioether (sulfide) groups is 1. The van der Waals surface area contributed by atoms with E-state index in [0.717, 1.165) is 40.9 Å². The molecule has 0 radical (unpaired) electrons. The average Bonchev–Trinajstić information content (AvgIpc) is 3.53. The predicted octanol–water partition coefficient (Wildman–Crippen LogP) is 5.70. The van der Waals surface area contributed by atoms with Crippen LogP contribution in [0.3, 0.4) is 0 Å². The minimum absolute atomic E-state index is 0.00884. The quantitative estimate of drug-likeness (QED) is 0.278. The third kappa shape index (κ3) is 6.98. The molecule has 0 bridgehead atoms. The lowest BCUT2D eigenvalue weighted by Gasteiger charge is -2.33. The van der Waals surface area contributed by atoms with Crippen LogP contribution in [0.2, 0.25) is 0 Å². The van der Waals surface area contributed by atoms with Crippen molar-refractivity contribution in [1.82, 2.24) is 14.9 Å². The number of oxazole rings is 1. The van der Waals surface area contributed by atoms with Crippen LogP contribution in [0.4, 0.5) is 15.2 Å². The van der Waals surface area contributed by atoms with E-state index in [9.17, 15) is 14.0 Å².